The van der Waals surface area contributed by atoms with E-state index in [0.29, 0.717) is 11.8 Å². The maximum atomic E-state index is 6.40. The van der Waals surface area contributed by atoms with Gasteiger partial charge < -0.3 is 18.9 Å². The summed E-state index contributed by atoms with van der Waals surface area (Å²) in [5.41, 5.74) is 4.34. The van der Waals surface area contributed by atoms with Crippen molar-refractivity contribution in [2.45, 2.75) is 129 Å². The SMILES string of the molecule is COc1ccc(C2OOC(C)(C)C(CCC(C)CCn3cc(-c4ccc(-c5cn(CCC(C)CCC6OC(c7ccc(OC)cc7)OOC6(C)C)nn5)cc4)nn3)O2)cc1. The Labute approximate surface area is 353 Å². The molecule has 2 fully saturated rings. The van der Waals surface area contributed by atoms with Gasteiger partial charge in [-0.3, -0.25) is 9.36 Å². The van der Waals surface area contributed by atoms with Crippen LogP contribution in [0.2, 0.25) is 0 Å². The minimum Gasteiger partial charge on any atom is -0.497 e. The zero-order valence-electron chi connectivity index (χ0n) is 36.2. The predicted octanol–water partition coefficient (Wildman–Crippen LogP) is 9.48. The third kappa shape index (κ3) is 11.0. The molecule has 60 heavy (non-hydrogen) atoms. The molecule has 2 aliphatic heterocycles. The molecule has 5 aromatic rings. The fourth-order valence-electron chi connectivity index (χ4n) is 7.49. The van der Waals surface area contributed by atoms with E-state index in [0.717, 1.165) is 96.8 Å². The van der Waals surface area contributed by atoms with E-state index in [-0.39, 0.29) is 12.2 Å². The Bertz CT molecular complexity index is 1940. The van der Waals surface area contributed by atoms with Crippen LogP contribution in [0.5, 0.6) is 11.5 Å². The first-order valence-corrected chi connectivity index (χ1v) is 21.1. The Morgan fingerprint density at radius 2 is 0.950 bits per heavy atom. The van der Waals surface area contributed by atoms with E-state index >= 15 is 0 Å². The van der Waals surface area contributed by atoms with Crippen LogP contribution in [0.3, 0.4) is 0 Å². The number of aromatic nitrogens is 6. The van der Waals surface area contributed by atoms with Crippen molar-refractivity contribution in [2.75, 3.05) is 14.2 Å². The van der Waals surface area contributed by atoms with Crippen LogP contribution in [0, 0.1) is 11.8 Å². The smallest absolute Gasteiger partial charge is 0.217 e. The molecule has 0 N–H and O–H groups in total. The monoisotopic (exact) mass is 824 g/mol. The van der Waals surface area contributed by atoms with E-state index in [9.17, 15) is 0 Å². The van der Waals surface area contributed by atoms with Gasteiger partial charge in [0.25, 0.3) is 0 Å². The maximum Gasteiger partial charge on any atom is 0.217 e. The molecule has 14 heteroatoms. The molecule has 2 aromatic heterocycles. The summed E-state index contributed by atoms with van der Waals surface area (Å²) in [5.74, 6) is 2.46. The van der Waals surface area contributed by atoms with Gasteiger partial charge >= 0.3 is 0 Å². The molecule has 7 rings (SSSR count). The Balaban J connectivity index is 0.837. The Morgan fingerprint density at radius 3 is 1.32 bits per heavy atom. The summed E-state index contributed by atoms with van der Waals surface area (Å²) < 4.78 is 27.2. The molecular weight excluding hydrogens is 765 g/mol. The molecule has 322 valence electrons. The number of aryl methyl sites for hydroxylation is 2. The van der Waals surface area contributed by atoms with Crippen molar-refractivity contribution < 1.29 is 38.5 Å². The highest BCUT2D eigenvalue weighted by molar-refractivity contribution is 5.65. The second-order valence-electron chi connectivity index (χ2n) is 17.3. The lowest BCUT2D eigenvalue weighted by molar-refractivity contribution is -0.487. The van der Waals surface area contributed by atoms with E-state index in [4.69, 9.17) is 38.5 Å². The van der Waals surface area contributed by atoms with Crippen LogP contribution in [0.1, 0.15) is 104 Å². The zero-order chi connectivity index (χ0) is 42.3. The summed E-state index contributed by atoms with van der Waals surface area (Å²) >= 11 is 0. The number of hydrogen-bond acceptors (Lipinski definition) is 12. The molecule has 2 saturated heterocycles. The molecule has 4 heterocycles. The molecule has 14 nitrogen and oxygen atoms in total. The zero-order valence-corrected chi connectivity index (χ0v) is 36.2. The van der Waals surface area contributed by atoms with Gasteiger partial charge in [0, 0.05) is 35.3 Å². The summed E-state index contributed by atoms with van der Waals surface area (Å²) in [6.07, 6.45) is 8.21. The highest BCUT2D eigenvalue weighted by Gasteiger charge is 2.42. The van der Waals surface area contributed by atoms with Gasteiger partial charge in [-0.1, -0.05) is 72.8 Å². The average molecular weight is 825 g/mol. The maximum absolute atomic E-state index is 6.40. The summed E-state index contributed by atoms with van der Waals surface area (Å²) in [4.78, 5) is 22.9. The van der Waals surface area contributed by atoms with Crippen LogP contribution in [-0.4, -0.2) is 67.6 Å². The van der Waals surface area contributed by atoms with Crippen LogP contribution >= 0.6 is 0 Å². The van der Waals surface area contributed by atoms with E-state index < -0.39 is 23.8 Å². The largest absolute Gasteiger partial charge is 0.497 e. The average Bonchev–Trinajstić information content (AvgIpc) is 3.95. The summed E-state index contributed by atoms with van der Waals surface area (Å²) in [6, 6.07) is 23.6. The second-order valence-corrected chi connectivity index (χ2v) is 17.3. The molecule has 0 aliphatic carbocycles. The first-order valence-electron chi connectivity index (χ1n) is 21.1. The van der Waals surface area contributed by atoms with Crippen LogP contribution in [0.25, 0.3) is 22.5 Å². The number of rotatable bonds is 18. The first-order chi connectivity index (χ1) is 28.9. The van der Waals surface area contributed by atoms with E-state index in [2.05, 4.69) is 58.7 Å². The lowest BCUT2D eigenvalue weighted by Crippen LogP contribution is -2.46. The molecule has 0 bridgehead atoms. The van der Waals surface area contributed by atoms with Crippen LogP contribution < -0.4 is 9.47 Å². The normalized spacial score (nSPS) is 22.3. The highest BCUT2D eigenvalue weighted by Crippen LogP contribution is 2.38. The highest BCUT2D eigenvalue weighted by atomic mass is 17.2. The van der Waals surface area contributed by atoms with Gasteiger partial charge in [-0.2, -0.15) is 9.78 Å². The van der Waals surface area contributed by atoms with Crippen molar-refractivity contribution >= 4 is 0 Å². The van der Waals surface area contributed by atoms with E-state index in [1.165, 1.54) is 0 Å². The fourth-order valence-corrected chi connectivity index (χ4v) is 7.49. The van der Waals surface area contributed by atoms with Gasteiger partial charge in [-0.25, -0.2) is 9.78 Å². The minimum absolute atomic E-state index is 0.117. The summed E-state index contributed by atoms with van der Waals surface area (Å²) in [6.45, 7) is 14.1. The van der Waals surface area contributed by atoms with Gasteiger partial charge in [-0.05, 0) is 102 Å². The lowest BCUT2D eigenvalue weighted by Gasteiger charge is -2.41. The molecule has 6 atom stereocenters. The molecule has 0 saturated carbocycles. The molecule has 0 amide bonds. The number of benzene rings is 3. The second kappa shape index (κ2) is 19.3. The van der Waals surface area contributed by atoms with Gasteiger partial charge in [0.15, 0.2) is 0 Å². The van der Waals surface area contributed by atoms with Crippen LogP contribution in [0.15, 0.2) is 85.2 Å². The molecular formula is C46H60N6O8. The van der Waals surface area contributed by atoms with E-state index in [1.54, 1.807) is 14.2 Å². The predicted molar refractivity (Wildman–Crippen MR) is 224 cm³/mol. The third-order valence-electron chi connectivity index (χ3n) is 11.7. The Morgan fingerprint density at radius 1 is 0.567 bits per heavy atom. The number of nitrogens with zero attached hydrogens (tertiary/aromatic N) is 6. The molecule has 3 aromatic carbocycles. The molecule has 0 spiro atoms. The number of hydrogen-bond donors (Lipinski definition) is 0. The summed E-state index contributed by atoms with van der Waals surface area (Å²) in [7, 11) is 3.30. The Hall–Kier alpha value is -4.70. The fraction of sp³-hybridized carbons (Fsp3) is 0.522. The number of ether oxygens (including phenoxy) is 4. The van der Waals surface area contributed by atoms with Crippen molar-refractivity contribution in [3.63, 3.8) is 0 Å². The molecule has 2 aliphatic rings. The molecule has 6 unspecified atom stereocenters. The molecule has 0 radical (unpaired) electrons. The topological polar surface area (TPSA) is 135 Å². The van der Waals surface area contributed by atoms with Gasteiger partial charge in [0.2, 0.25) is 12.6 Å². The van der Waals surface area contributed by atoms with Crippen molar-refractivity contribution in [2.24, 2.45) is 11.8 Å². The van der Waals surface area contributed by atoms with Gasteiger partial charge in [-0.15, -0.1) is 10.2 Å². The number of methoxy groups -OCH3 is 2. The quantitative estimate of drug-likeness (QED) is 0.0779. The van der Waals surface area contributed by atoms with Crippen LogP contribution in [0.4, 0.5) is 0 Å². The van der Waals surface area contributed by atoms with E-state index in [1.807, 2.05) is 98.0 Å². The third-order valence-corrected chi connectivity index (χ3v) is 11.7. The van der Waals surface area contributed by atoms with Crippen molar-refractivity contribution in [3.8, 4) is 34.0 Å². The van der Waals surface area contributed by atoms with Gasteiger partial charge in [0.05, 0.1) is 38.8 Å². The standard InChI is InChI=1S/C46H60N6O8/c1-31(9-23-41-45(3,4)59-57-43(55-41)35-15-19-37(53-7)20-16-35)25-27-51-29-39(47-49-51)33-11-13-34(14-12-33)40-30-52(50-48-40)28-26-32(2)10-24-42-46(5,6)60-58-44(56-42)36-17-21-38(54-8)22-18-36/h11-22,29-32,41-44H,9-10,23-28H2,1-8H3. The van der Waals surface area contributed by atoms with Crippen molar-refractivity contribution in [1.29, 1.82) is 0 Å². The lowest BCUT2D eigenvalue weighted by atomic mass is 9.92. The van der Waals surface area contributed by atoms with Gasteiger partial charge in [0.1, 0.15) is 34.1 Å². The first kappa shape index (κ1) is 43.4. The van der Waals surface area contributed by atoms with Crippen molar-refractivity contribution in [1.82, 2.24) is 30.0 Å². The van der Waals surface area contributed by atoms with Crippen molar-refractivity contribution in [3.05, 3.63) is 96.3 Å². The minimum atomic E-state index is -0.582. The summed E-state index contributed by atoms with van der Waals surface area (Å²) in [5, 5.41) is 17.8. The Kier molecular flexibility index (Phi) is 14.0. The van der Waals surface area contributed by atoms with Crippen LogP contribution in [-0.2, 0) is 42.1 Å².